The Morgan fingerprint density at radius 2 is 2.05 bits per heavy atom. The Kier molecular flexibility index (Phi) is 5.45. The van der Waals surface area contributed by atoms with Crippen molar-refractivity contribution in [3.05, 3.63) is 34.6 Å². The van der Waals surface area contributed by atoms with Gasteiger partial charge in [-0.3, -0.25) is 0 Å². The van der Waals surface area contributed by atoms with Gasteiger partial charge in [0.15, 0.2) is 0 Å². The number of hydrogen-bond donors (Lipinski definition) is 1. The normalized spacial score (nSPS) is 26.7. The van der Waals surface area contributed by atoms with Gasteiger partial charge in [-0.2, -0.15) is 0 Å². The lowest BCUT2D eigenvalue weighted by atomic mass is 9.67. The van der Waals surface area contributed by atoms with Crippen molar-refractivity contribution >= 4 is 11.6 Å². The van der Waals surface area contributed by atoms with E-state index >= 15 is 0 Å². The minimum absolute atomic E-state index is 0.158. The molecule has 1 nitrogen and oxygen atoms in total. The average Bonchev–Trinajstić information content (AvgIpc) is 2.45. The second-order valence-corrected chi connectivity index (χ2v) is 6.76. The molecule has 2 rings (SSSR count). The molecule has 0 aromatic heterocycles. The Labute approximate surface area is 126 Å². The van der Waals surface area contributed by atoms with Crippen LogP contribution in [0.2, 0.25) is 5.02 Å². The van der Waals surface area contributed by atoms with Crippen LogP contribution in [-0.4, -0.2) is 6.54 Å². The summed E-state index contributed by atoms with van der Waals surface area (Å²) in [6.45, 7) is 2.95. The molecule has 1 aliphatic rings. The van der Waals surface area contributed by atoms with Crippen LogP contribution in [0.15, 0.2) is 18.2 Å². The minimum atomic E-state index is -0.271. The molecule has 1 fully saturated rings. The molecule has 0 heterocycles. The van der Waals surface area contributed by atoms with Crippen LogP contribution in [0, 0.1) is 17.2 Å². The molecule has 0 aliphatic heterocycles. The minimum Gasteiger partial charge on any atom is -0.330 e. The van der Waals surface area contributed by atoms with Gasteiger partial charge in [0.25, 0.3) is 0 Å². The first-order chi connectivity index (χ1) is 9.58. The molecule has 1 saturated carbocycles. The molecule has 0 unspecified atom stereocenters. The third kappa shape index (κ3) is 3.73. The first kappa shape index (κ1) is 15.8. The zero-order valence-corrected chi connectivity index (χ0v) is 13.1. The molecule has 1 aromatic rings. The molecule has 3 heteroatoms. The molecule has 2 N–H and O–H groups in total. The first-order valence-electron chi connectivity index (χ1n) is 7.72. The van der Waals surface area contributed by atoms with Gasteiger partial charge >= 0.3 is 0 Å². The Balaban J connectivity index is 2.05. The van der Waals surface area contributed by atoms with Crippen LogP contribution in [0.1, 0.15) is 51.0 Å². The molecule has 1 aromatic carbocycles. The van der Waals surface area contributed by atoms with Crippen molar-refractivity contribution in [1.29, 1.82) is 0 Å². The number of benzene rings is 1. The maximum absolute atomic E-state index is 13.1. The molecular formula is C17H25ClFN. The van der Waals surface area contributed by atoms with Gasteiger partial charge in [-0.15, -0.1) is 0 Å². The van der Waals surface area contributed by atoms with Crippen LogP contribution >= 0.6 is 11.6 Å². The summed E-state index contributed by atoms with van der Waals surface area (Å²) < 4.78 is 13.1. The molecule has 0 spiro atoms. The third-order valence-electron chi connectivity index (χ3n) is 4.88. The monoisotopic (exact) mass is 297 g/mol. The van der Waals surface area contributed by atoms with Crippen LogP contribution in [-0.2, 0) is 6.42 Å². The smallest absolute Gasteiger partial charge is 0.124 e. The van der Waals surface area contributed by atoms with Gasteiger partial charge in [0, 0.05) is 5.02 Å². The van der Waals surface area contributed by atoms with Crippen molar-refractivity contribution < 1.29 is 4.39 Å². The molecule has 1 aliphatic carbocycles. The van der Waals surface area contributed by atoms with E-state index < -0.39 is 0 Å². The maximum Gasteiger partial charge on any atom is 0.124 e. The van der Waals surface area contributed by atoms with Gasteiger partial charge in [-0.1, -0.05) is 37.4 Å². The Morgan fingerprint density at radius 3 is 2.60 bits per heavy atom. The molecule has 20 heavy (non-hydrogen) atoms. The molecule has 0 radical (unpaired) electrons. The molecule has 0 bridgehead atoms. The van der Waals surface area contributed by atoms with Crippen molar-refractivity contribution in [3.63, 3.8) is 0 Å². The molecule has 0 saturated heterocycles. The van der Waals surface area contributed by atoms with Gasteiger partial charge in [-0.05, 0) is 67.7 Å². The van der Waals surface area contributed by atoms with E-state index in [-0.39, 0.29) is 11.2 Å². The van der Waals surface area contributed by atoms with E-state index in [1.165, 1.54) is 50.7 Å². The van der Waals surface area contributed by atoms with E-state index in [2.05, 4.69) is 6.92 Å². The largest absolute Gasteiger partial charge is 0.330 e. The van der Waals surface area contributed by atoms with Gasteiger partial charge in [0.05, 0.1) is 0 Å². The molecule has 112 valence electrons. The van der Waals surface area contributed by atoms with Crippen molar-refractivity contribution in [2.45, 2.75) is 51.9 Å². The summed E-state index contributed by atoms with van der Waals surface area (Å²) in [7, 11) is 0. The topological polar surface area (TPSA) is 26.0 Å². The van der Waals surface area contributed by atoms with Crippen LogP contribution in [0.25, 0.3) is 0 Å². The zero-order chi connectivity index (χ0) is 14.6. The third-order valence-corrected chi connectivity index (χ3v) is 5.23. The summed E-state index contributed by atoms with van der Waals surface area (Å²) in [6, 6.07) is 4.71. The van der Waals surface area contributed by atoms with E-state index in [9.17, 15) is 4.39 Å². The standard InChI is InChI=1S/C17H25ClFN/c1-2-3-13-6-8-17(12-20,9-7-13)11-14-4-5-15(19)10-16(14)18/h4-5,10,13H,2-3,6-9,11-12,20H2,1H3. The van der Waals surface area contributed by atoms with Crippen molar-refractivity contribution in [2.24, 2.45) is 17.1 Å². The van der Waals surface area contributed by atoms with E-state index in [1.54, 1.807) is 0 Å². The average molecular weight is 298 g/mol. The highest BCUT2D eigenvalue weighted by atomic mass is 35.5. The van der Waals surface area contributed by atoms with Crippen LogP contribution in [0.4, 0.5) is 4.39 Å². The van der Waals surface area contributed by atoms with Crippen molar-refractivity contribution in [3.8, 4) is 0 Å². The molecular weight excluding hydrogens is 273 g/mol. The number of nitrogens with two attached hydrogens (primary N) is 1. The van der Waals surface area contributed by atoms with E-state index in [4.69, 9.17) is 17.3 Å². The summed E-state index contributed by atoms with van der Waals surface area (Å²) in [4.78, 5) is 0. The van der Waals surface area contributed by atoms with Crippen molar-refractivity contribution in [1.82, 2.24) is 0 Å². The lowest BCUT2D eigenvalue weighted by Gasteiger charge is -2.40. The van der Waals surface area contributed by atoms with Gasteiger partial charge in [0.2, 0.25) is 0 Å². The SMILES string of the molecule is CCCC1CCC(CN)(Cc2ccc(F)cc2Cl)CC1. The summed E-state index contributed by atoms with van der Waals surface area (Å²) in [5, 5.41) is 0.536. The molecule has 0 atom stereocenters. The van der Waals surface area contributed by atoms with Crippen LogP contribution in [0.5, 0.6) is 0 Å². The lowest BCUT2D eigenvalue weighted by molar-refractivity contribution is 0.151. The predicted molar refractivity (Wildman–Crippen MR) is 83.5 cm³/mol. The fourth-order valence-corrected chi connectivity index (χ4v) is 3.74. The Morgan fingerprint density at radius 1 is 1.35 bits per heavy atom. The second kappa shape index (κ2) is 6.91. The fraction of sp³-hybridized carbons (Fsp3) is 0.647. The summed E-state index contributed by atoms with van der Waals surface area (Å²) in [5.74, 6) is 0.593. The lowest BCUT2D eigenvalue weighted by Crippen LogP contribution is -2.37. The van der Waals surface area contributed by atoms with Crippen LogP contribution in [0.3, 0.4) is 0 Å². The van der Waals surface area contributed by atoms with E-state index in [0.717, 1.165) is 17.9 Å². The van der Waals surface area contributed by atoms with E-state index in [0.29, 0.717) is 11.6 Å². The van der Waals surface area contributed by atoms with Crippen molar-refractivity contribution in [2.75, 3.05) is 6.54 Å². The summed E-state index contributed by atoms with van der Waals surface area (Å²) in [6.07, 6.45) is 8.35. The Hall–Kier alpha value is -0.600. The maximum atomic E-state index is 13.1. The number of halogens is 2. The van der Waals surface area contributed by atoms with E-state index in [1.807, 2.05) is 6.07 Å². The zero-order valence-electron chi connectivity index (χ0n) is 12.3. The number of rotatable bonds is 5. The summed E-state index contributed by atoms with van der Waals surface area (Å²) >= 11 is 6.17. The first-order valence-corrected chi connectivity index (χ1v) is 8.10. The summed E-state index contributed by atoms with van der Waals surface area (Å²) in [5.41, 5.74) is 7.26. The highest BCUT2D eigenvalue weighted by Crippen LogP contribution is 2.43. The highest BCUT2D eigenvalue weighted by molar-refractivity contribution is 6.31. The van der Waals surface area contributed by atoms with Crippen LogP contribution < -0.4 is 5.73 Å². The van der Waals surface area contributed by atoms with Gasteiger partial charge in [0.1, 0.15) is 5.82 Å². The quantitative estimate of drug-likeness (QED) is 0.817. The number of hydrogen-bond acceptors (Lipinski definition) is 1. The van der Waals surface area contributed by atoms with Gasteiger partial charge < -0.3 is 5.73 Å². The predicted octanol–water partition coefficient (Wildman–Crippen LogP) is 4.96. The van der Waals surface area contributed by atoms with Gasteiger partial charge in [-0.25, -0.2) is 4.39 Å². The molecule has 0 amide bonds. The fourth-order valence-electron chi connectivity index (χ4n) is 3.51. The second-order valence-electron chi connectivity index (χ2n) is 6.35. The highest BCUT2D eigenvalue weighted by Gasteiger charge is 2.34. The Bertz CT molecular complexity index is 439.